The van der Waals surface area contributed by atoms with Crippen molar-refractivity contribution in [1.82, 2.24) is 10.2 Å². The molecule has 1 aromatic carbocycles. The highest BCUT2D eigenvalue weighted by atomic mass is 35.5. The molecular formula is C15H17ClN2O2. The van der Waals surface area contributed by atoms with E-state index in [0.717, 1.165) is 5.56 Å². The molecule has 0 saturated carbocycles. The Morgan fingerprint density at radius 3 is 2.50 bits per heavy atom. The van der Waals surface area contributed by atoms with Crippen LogP contribution in [0.25, 0.3) is 0 Å². The van der Waals surface area contributed by atoms with Crippen LogP contribution in [0.1, 0.15) is 25.5 Å². The number of hydrogen-bond donors (Lipinski definition) is 1. The second kappa shape index (κ2) is 5.29. The highest BCUT2D eigenvalue weighted by Gasteiger charge is 2.45. The molecule has 1 saturated heterocycles. The minimum Gasteiger partial charge on any atom is -0.340 e. The Kier molecular flexibility index (Phi) is 3.86. The summed E-state index contributed by atoms with van der Waals surface area (Å²) in [5, 5.41) is 3.08. The molecular weight excluding hydrogens is 276 g/mol. The van der Waals surface area contributed by atoms with Gasteiger partial charge in [0.2, 0.25) is 11.8 Å². The molecule has 0 bridgehead atoms. The molecule has 1 aromatic rings. The van der Waals surface area contributed by atoms with Crippen molar-refractivity contribution in [3.63, 3.8) is 0 Å². The molecule has 0 aromatic heterocycles. The molecule has 1 atom stereocenters. The summed E-state index contributed by atoms with van der Waals surface area (Å²) < 4.78 is 0. The maximum absolute atomic E-state index is 12.5. The van der Waals surface area contributed by atoms with Crippen molar-refractivity contribution < 1.29 is 9.59 Å². The molecule has 5 heteroatoms. The van der Waals surface area contributed by atoms with Crippen molar-refractivity contribution >= 4 is 23.4 Å². The average molecular weight is 293 g/mol. The van der Waals surface area contributed by atoms with Gasteiger partial charge in [-0.25, -0.2) is 0 Å². The fraction of sp³-hybridized carbons (Fsp3) is 0.333. The second-order valence-corrected chi connectivity index (χ2v) is 5.91. The third-order valence-corrected chi connectivity index (χ3v) is 3.37. The molecule has 106 valence electrons. The van der Waals surface area contributed by atoms with Gasteiger partial charge in [0.15, 0.2) is 0 Å². The standard InChI is InChI=1S/C15H17ClN2O2/c1-10(16)9-18-12(11-7-5-4-6-8-11)13(19)17-15(2,3)14(18)20/h4-8,12H,1,9H2,2-3H3,(H,17,19). The Hall–Kier alpha value is -1.81. The Bertz CT molecular complexity index is 554. The van der Waals surface area contributed by atoms with Crippen molar-refractivity contribution in [2.75, 3.05) is 6.54 Å². The van der Waals surface area contributed by atoms with Crippen LogP contribution in [0.4, 0.5) is 0 Å². The fourth-order valence-electron chi connectivity index (χ4n) is 2.36. The number of hydrogen-bond acceptors (Lipinski definition) is 2. The largest absolute Gasteiger partial charge is 0.340 e. The zero-order valence-electron chi connectivity index (χ0n) is 11.5. The zero-order valence-corrected chi connectivity index (χ0v) is 12.3. The van der Waals surface area contributed by atoms with Gasteiger partial charge in [-0.2, -0.15) is 0 Å². The first-order valence-electron chi connectivity index (χ1n) is 6.34. The van der Waals surface area contributed by atoms with Crippen LogP contribution in [0.15, 0.2) is 41.9 Å². The SMILES string of the molecule is C=C(Cl)CN1C(=O)C(C)(C)NC(=O)C1c1ccccc1. The van der Waals surface area contributed by atoms with Crippen molar-refractivity contribution in [2.45, 2.75) is 25.4 Å². The minimum atomic E-state index is -0.936. The zero-order chi connectivity index (χ0) is 14.9. The molecule has 0 aliphatic carbocycles. The topological polar surface area (TPSA) is 49.4 Å². The first kappa shape index (κ1) is 14.6. The number of piperazine rings is 1. The molecule has 1 heterocycles. The lowest BCUT2D eigenvalue weighted by Crippen LogP contribution is -2.64. The first-order valence-corrected chi connectivity index (χ1v) is 6.72. The van der Waals surface area contributed by atoms with E-state index in [0.29, 0.717) is 5.03 Å². The molecule has 0 radical (unpaired) electrons. The molecule has 20 heavy (non-hydrogen) atoms. The lowest BCUT2D eigenvalue weighted by Gasteiger charge is -2.42. The van der Waals surface area contributed by atoms with Crippen LogP contribution in [0.3, 0.4) is 0 Å². The van der Waals surface area contributed by atoms with Crippen molar-refractivity contribution in [1.29, 1.82) is 0 Å². The summed E-state index contributed by atoms with van der Waals surface area (Å²) in [4.78, 5) is 26.4. The van der Waals surface area contributed by atoms with E-state index in [9.17, 15) is 9.59 Å². The lowest BCUT2D eigenvalue weighted by molar-refractivity contribution is -0.153. The smallest absolute Gasteiger partial charge is 0.249 e. The minimum absolute atomic E-state index is 0.150. The summed E-state index contributed by atoms with van der Waals surface area (Å²) in [6, 6.07) is 8.49. The van der Waals surface area contributed by atoms with Crippen molar-refractivity contribution in [3.8, 4) is 0 Å². The summed E-state index contributed by atoms with van der Waals surface area (Å²) in [5.74, 6) is -0.383. The predicted octanol–water partition coefficient (Wildman–Crippen LogP) is 2.22. The average Bonchev–Trinajstić information content (AvgIpc) is 2.36. The molecule has 1 unspecified atom stereocenters. The Morgan fingerprint density at radius 2 is 1.95 bits per heavy atom. The van der Waals surface area contributed by atoms with Crippen molar-refractivity contribution in [2.24, 2.45) is 0 Å². The van der Waals surface area contributed by atoms with Crippen LogP contribution in [-0.2, 0) is 9.59 Å². The third-order valence-electron chi connectivity index (χ3n) is 3.25. The van der Waals surface area contributed by atoms with E-state index >= 15 is 0 Å². The van der Waals surface area contributed by atoms with E-state index in [1.165, 1.54) is 4.90 Å². The number of benzene rings is 1. The Balaban J connectivity index is 2.44. The summed E-state index contributed by atoms with van der Waals surface area (Å²) in [6.07, 6.45) is 0. The first-order chi connectivity index (χ1) is 9.33. The number of rotatable bonds is 3. The normalized spacial score (nSPS) is 21.6. The van der Waals surface area contributed by atoms with Gasteiger partial charge in [0, 0.05) is 5.03 Å². The summed E-state index contributed by atoms with van der Waals surface area (Å²) in [6.45, 7) is 7.13. The van der Waals surface area contributed by atoms with E-state index in [2.05, 4.69) is 11.9 Å². The van der Waals surface area contributed by atoms with Gasteiger partial charge in [0.1, 0.15) is 11.6 Å². The third kappa shape index (κ3) is 2.70. The van der Waals surface area contributed by atoms with E-state index in [-0.39, 0.29) is 18.4 Å². The van der Waals surface area contributed by atoms with Crippen LogP contribution in [-0.4, -0.2) is 28.8 Å². The fourth-order valence-corrected chi connectivity index (χ4v) is 2.49. The molecule has 4 nitrogen and oxygen atoms in total. The van der Waals surface area contributed by atoms with Crippen LogP contribution in [0, 0.1) is 0 Å². The molecule has 2 amide bonds. The van der Waals surface area contributed by atoms with Crippen molar-refractivity contribution in [3.05, 3.63) is 47.5 Å². The molecule has 1 aliphatic heterocycles. The highest BCUT2D eigenvalue weighted by molar-refractivity contribution is 6.29. The van der Waals surface area contributed by atoms with Gasteiger partial charge in [-0.05, 0) is 19.4 Å². The number of nitrogens with zero attached hydrogens (tertiary/aromatic N) is 1. The summed E-state index contributed by atoms with van der Waals surface area (Å²) in [5.41, 5.74) is -0.180. The lowest BCUT2D eigenvalue weighted by atomic mass is 9.93. The van der Waals surface area contributed by atoms with Gasteiger partial charge in [0.25, 0.3) is 0 Å². The van der Waals surface area contributed by atoms with Gasteiger partial charge in [-0.1, -0.05) is 48.5 Å². The number of carbonyl (C=O) groups is 2. The molecule has 1 aliphatic rings. The van der Waals surface area contributed by atoms with Gasteiger partial charge >= 0.3 is 0 Å². The number of nitrogens with one attached hydrogen (secondary N) is 1. The van der Waals surface area contributed by atoms with E-state index in [1.807, 2.05) is 30.3 Å². The van der Waals surface area contributed by atoms with Crippen LogP contribution in [0.5, 0.6) is 0 Å². The number of carbonyl (C=O) groups excluding carboxylic acids is 2. The maximum Gasteiger partial charge on any atom is 0.249 e. The van der Waals surface area contributed by atoms with Gasteiger partial charge in [-0.15, -0.1) is 0 Å². The van der Waals surface area contributed by atoms with Gasteiger partial charge < -0.3 is 10.2 Å². The molecule has 1 N–H and O–H groups in total. The molecule has 0 spiro atoms. The van der Waals surface area contributed by atoms with Crippen LogP contribution >= 0.6 is 11.6 Å². The molecule has 1 fully saturated rings. The van der Waals surface area contributed by atoms with E-state index < -0.39 is 11.6 Å². The quantitative estimate of drug-likeness (QED) is 0.929. The maximum atomic E-state index is 12.5. The predicted molar refractivity (Wildman–Crippen MR) is 78.1 cm³/mol. The van der Waals surface area contributed by atoms with Gasteiger partial charge in [-0.3, -0.25) is 9.59 Å². The number of halogens is 1. The van der Waals surface area contributed by atoms with Crippen LogP contribution < -0.4 is 5.32 Å². The van der Waals surface area contributed by atoms with Gasteiger partial charge in [0.05, 0.1) is 6.54 Å². The summed E-state index contributed by atoms with van der Waals surface area (Å²) >= 11 is 5.85. The van der Waals surface area contributed by atoms with E-state index in [4.69, 9.17) is 11.6 Å². The van der Waals surface area contributed by atoms with Crippen LogP contribution in [0.2, 0.25) is 0 Å². The monoisotopic (exact) mass is 292 g/mol. The Labute approximate surface area is 123 Å². The number of amides is 2. The summed E-state index contributed by atoms with van der Waals surface area (Å²) in [7, 11) is 0. The Morgan fingerprint density at radius 1 is 1.35 bits per heavy atom. The molecule has 2 rings (SSSR count). The highest BCUT2D eigenvalue weighted by Crippen LogP contribution is 2.29. The van der Waals surface area contributed by atoms with E-state index in [1.54, 1.807) is 13.8 Å². The second-order valence-electron chi connectivity index (χ2n) is 5.38.